The van der Waals surface area contributed by atoms with Crippen molar-refractivity contribution in [3.63, 3.8) is 0 Å². The molecule has 0 saturated carbocycles. The molecule has 3 rings (SSSR count). The van der Waals surface area contributed by atoms with Gasteiger partial charge in [-0.15, -0.1) is 11.8 Å². The molecule has 0 spiro atoms. The molecule has 0 aromatic heterocycles. The standard InChI is InChI=1S/C16H13NO3S/c18-14(19)10-21-16-13-9-5-4-8-12(13)15(20)17(16)11-6-2-1-3-7-11/h1-9,16H,10H2,(H,18,19)/t16-/m0/s1. The van der Waals surface area contributed by atoms with Crippen LogP contribution in [0.3, 0.4) is 0 Å². The Balaban J connectivity index is 2.02. The highest BCUT2D eigenvalue weighted by Crippen LogP contribution is 2.43. The van der Waals surface area contributed by atoms with Crippen LogP contribution in [-0.2, 0) is 4.79 Å². The molecule has 1 amide bonds. The molecule has 2 aromatic rings. The molecule has 2 aromatic carbocycles. The van der Waals surface area contributed by atoms with Gasteiger partial charge in [0.2, 0.25) is 0 Å². The van der Waals surface area contributed by atoms with Gasteiger partial charge in [0.05, 0.1) is 5.75 Å². The molecule has 1 aliphatic rings. The van der Waals surface area contributed by atoms with Crippen LogP contribution in [0.1, 0.15) is 21.3 Å². The van der Waals surface area contributed by atoms with Crippen molar-refractivity contribution in [3.8, 4) is 0 Å². The van der Waals surface area contributed by atoms with E-state index in [-0.39, 0.29) is 17.0 Å². The van der Waals surface area contributed by atoms with Crippen LogP contribution in [0.2, 0.25) is 0 Å². The minimum Gasteiger partial charge on any atom is -0.481 e. The SMILES string of the molecule is O=C(O)CS[C@H]1c2ccccc2C(=O)N1c1ccccc1. The van der Waals surface area contributed by atoms with Gasteiger partial charge >= 0.3 is 5.97 Å². The van der Waals surface area contributed by atoms with Crippen molar-refractivity contribution in [2.24, 2.45) is 0 Å². The first kappa shape index (κ1) is 13.7. The van der Waals surface area contributed by atoms with Crippen LogP contribution in [0.25, 0.3) is 0 Å². The molecule has 4 nitrogen and oxygen atoms in total. The van der Waals surface area contributed by atoms with Crippen molar-refractivity contribution in [1.82, 2.24) is 0 Å². The number of nitrogens with zero attached hydrogens (tertiary/aromatic N) is 1. The first-order valence-corrected chi connectivity index (χ1v) is 7.54. The number of benzene rings is 2. The van der Waals surface area contributed by atoms with E-state index in [4.69, 9.17) is 5.11 Å². The molecule has 1 heterocycles. The predicted molar refractivity (Wildman–Crippen MR) is 82.5 cm³/mol. The van der Waals surface area contributed by atoms with Gasteiger partial charge in [-0.05, 0) is 23.8 Å². The van der Waals surface area contributed by atoms with E-state index in [1.54, 1.807) is 11.0 Å². The average molecular weight is 299 g/mol. The maximum Gasteiger partial charge on any atom is 0.313 e. The summed E-state index contributed by atoms with van der Waals surface area (Å²) in [5.41, 5.74) is 2.29. The third-order valence-corrected chi connectivity index (χ3v) is 4.50. The summed E-state index contributed by atoms with van der Waals surface area (Å²) in [4.78, 5) is 25.2. The molecule has 0 aliphatic carbocycles. The number of carbonyl (C=O) groups is 2. The second-order valence-corrected chi connectivity index (χ2v) is 5.72. The summed E-state index contributed by atoms with van der Waals surface area (Å²) in [7, 11) is 0. The van der Waals surface area contributed by atoms with Gasteiger partial charge in [-0.2, -0.15) is 0 Å². The number of para-hydroxylation sites is 1. The van der Waals surface area contributed by atoms with Gasteiger partial charge in [-0.25, -0.2) is 0 Å². The van der Waals surface area contributed by atoms with E-state index in [0.29, 0.717) is 5.56 Å². The van der Waals surface area contributed by atoms with Crippen molar-refractivity contribution in [1.29, 1.82) is 0 Å². The van der Waals surface area contributed by atoms with Gasteiger partial charge in [-0.3, -0.25) is 14.5 Å². The number of anilines is 1. The first-order chi connectivity index (χ1) is 10.2. The van der Waals surface area contributed by atoms with E-state index in [1.807, 2.05) is 48.5 Å². The number of carboxylic acid groups (broad SMARTS) is 1. The van der Waals surface area contributed by atoms with E-state index < -0.39 is 5.97 Å². The third kappa shape index (κ3) is 2.52. The Kier molecular flexibility index (Phi) is 3.66. The van der Waals surface area contributed by atoms with Gasteiger partial charge in [0, 0.05) is 11.3 Å². The van der Waals surface area contributed by atoms with Crippen LogP contribution in [0.5, 0.6) is 0 Å². The molecule has 0 radical (unpaired) electrons. The Morgan fingerprint density at radius 3 is 2.48 bits per heavy atom. The topological polar surface area (TPSA) is 57.6 Å². The molecule has 21 heavy (non-hydrogen) atoms. The second-order valence-electron chi connectivity index (χ2n) is 4.66. The molecule has 0 bridgehead atoms. The maximum atomic E-state index is 12.6. The average Bonchev–Trinajstić information content (AvgIpc) is 2.79. The van der Waals surface area contributed by atoms with Gasteiger partial charge in [0.1, 0.15) is 5.37 Å². The number of aliphatic carboxylic acids is 1. The fourth-order valence-electron chi connectivity index (χ4n) is 2.44. The summed E-state index contributed by atoms with van der Waals surface area (Å²) in [6.45, 7) is 0. The van der Waals surface area contributed by atoms with Gasteiger partial charge in [0.15, 0.2) is 0 Å². The lowest BCUT2D eigenvalue weighted by molar-refractivity contribution is -0.133. The Bertz CT molecular complexity index is 687. The van der Waals surface area contributed by atoms with Crippen LogP contribution in [-0.4, -0.2) is 22.7 Å². The number of carboxylic acids is 1. The molecule has 106 valence electrons. The highest BCUT2D eigenvalue weighted by molar-refractivity contribution is 8.00. The van der Waals surface area contributed by atoms with Crippen molar-refractivity contribution >= 4 is 29.3 Å². The molecule has 0 fully saturated rings. The highest BCUT2D eigenvalue weighted by Gasteiger charge is 2.37. The van der Waals surface area contributed by atoms with Crippen LogP contribution in [0, 0.1) is 0 Å². The molecule has 5 heteroatoms. The molecular formula is C16H13NO3S. The molecule has 0 saturated heterocycles. The fourth-order valence-corrected chi connectivity index (χ4v) is 3.49. The zero-order valence-electron chi connectivity index (χ0n) is 11.1. The summed E-state index contributed by atoms with van der Waals surface area (Å²) in [6.07, 6.45) is 0. The lowest BCUT2D eigenvalue weighted by Crippen LogP contribution is -2.26. The molecule has 1 N–H and O–H groups in total. The minimum atomic E-state index is -0.884. The summed E-state index contributed by atoms with van der Waals surface area (Å²) in [6, 6.07) is 16.7. The predicted octanol–water partition coefficient (Wildman–Crippen LogP) is 3.16. The van der Waals surface area contributed by atoms with E-state index in [0.717, 1.165) is 11.3 Å². The number of carbonyl (C=O) groups excluding carboxylic acids is 1. The summed E-state index contributed by atoms with van der Waals surface area (Å²) < 4.78 is 0. The number of hydrogen-bond donors (Lipinski definition) is 1. The third-order valence-electron chi connectivity index (χ3n) is 3.31. The fraction of sp³-hybridized carbons (Fsp3) is 0.125. The largest absolute Gasteiger partial charge is 0.481 e. The minimum absolute atomic E-state index is 0.0460. The number of amides is 1. The summed E-state index contributed by atoms with van der Waals surface area (Å²) in [5.74, 6) is -1.01. The van der Waals surface area contributed by atoms with Crippen molar-refractivity contribution in [2.45, 2.75) is 5.37 Å². The second kappa shape index (κ2) is 5.61. The van der Waals surface area contributed by atoms with E-state index >= 15 is 0 Å². The van der Waals surface area contributed by atoms with Crippen molar-refractivity contribution in [2.75, 3.05) is 10.7 Å². The van der Waals surface area contributed by atoms with Crippen LogP contribution in [0.15, 0.2) is 54.6 Å². The Hall–Kier alpha value is -2.27. The zero-order chi connectivity index (χ0) is 14.8. The van der Waals surface area contributed by atoms with E-state index in [2.05, 4.69) is 0 Å². The number of hydrogen-bond acceptors (Lipinski definition) is 3. The van der Waals surface area contributed by atoms with Gasteiger partial charge < -0.3 is 5.11 Å². The molecular weight excluding hydrogens is 286 g/mol. The Labute approximate surface area is 126 Å². The summed E-state index contributed by atoms with van der Waals surface area (Å²) in [5, 5.41) is 8.62. The lowest BCUT2D eigenvalue weighted by Gasteiger charge is -2.24. The Morgan fingerprint density at radius 1 is 1.10 bits per heavy atom. The van der Waals surface area contributed by atoms with Crippen LogP contribution >= 0.6 is 11.8 Å². The molecule has 1 aliphatic heterocycles. The first-order valence-electron chi connectivity index (χ1n) is 6.49. The van der Waals surface area contributed by atoms with Gasteiger partial charge in [0.25, 0.3) is 5.91 Å². The normalized spacial score (nSPS) is 16.9. The van der Waals surface area contributed by atoms with Crippen molar-refractivity contribution in [3.05, 3.63) is 65.7 Å². The number of thioether (sulfide) groups is 1. The lowest BCUT2D eigenvalue weighted by atomic mass is 10.1. The van der Waals surface area contributed by atoms with Crippen LogP contribution < -0.4 is 4.90 Å². The number of rotatable bonds is 4. The van der Waals surface area contributed by atoms with Gasteiger partial charge in [-0.1, -0.05) is 36.4 Å². The van der Waals surface area contributed by atoms with E-state index in [9.17, 15) is 9.59 Å². The van der Waals surface area contributed by atoms with Crippen molar-refractivity contribution < 1.29 is 14.7 Å². The molecule has 0 unspecified atom stereocenters. The quantitative estimate of drug-likeness (QED) is 0.942. The smallest absolute Gasteiger partial charge is 0.313 e. The monoisotopic (exact) mass is 299 g/mol. The maximum absolute atomic E-state index is 12.6. The van der Waals surface area contributed by atoms with E-state index in [1.165, 1.54) is 11.8 Å². The Morgan fingerprint density at radius 2 is 1.76 bits per heavy atom. The highest BCUT2D eigenvalue weighted by atomic mass is 32.2. The molecule has 1 atom stereocenters. The van der Waals surface area contributed by atoms with Crippen LogP contribution in [0.4, 0.5) is 5.69 Å². The summed E-state index contributed by atoms with van der Waals surface area (Å²) >= 11 is 1.25. The number of fused-ring (bicyclic) bond motifs is 1. The zero-order valence-corrected chi connectivity index (χ0v) is 11.9.